The minimum absolute atomic E-state index is 0.0313. The van der Waals surface area contributed by atoms with Crippen molar-refractivity contribution in [1.82, 2.24) is 4.98 Å². The summed E-state index contributed by atoms with van der Waals surface area (Å²) in [5, 5.41) is 3.16. The molecule has 1 aliphatic rings. The van der Waals surface area contributed by atoms with E-state index in [0.29, 0.717) is 24.0 Å². The number of carbonyl (C=O) groups excluding carboxylic acids is 1. The van der Waals surface area contributed by atoms with E-state index in [1.165, 1.54) is 9.80 Å². The number of methoxy groups -OCH3 is 1. The van der Waals surface area contributed by atoms with Crippen molar-refractivity contribution in [1.29, 1.82) is 0 Å². The van der Waals surface area contributed by atoms with Gasteiger partial charge in [-0.3, -0.25) is 4.79 Å². The molecule has 8 heteroatoms. The molecule has 1 amide bonds. The Balaban J connectivity index is 1.33. The smallest absolute Gasteiger partial charge is 0.279 e. The molecule has 2 heterocycles. The van der Waals surface area contributed by atoms with Crippen molar-refractivity contribution in [3.63, 3.8) is 0 Å². The van der Waals surface area contributed by atoms with Gasteiger partial charge in [0.2, 0.25) is 0 Å². The fourth-order valence-electron chi connectivity index (χ4n) is 3.27. The van der Waals surface area contributed by atoms with Gasteiger partial charge in [0.15, 0.2) is 11.7 Å². The SMILES string of the molecule is COc1ccc(OCC[NH+]2CC[NH+](CC(=O)Nc3cccnc3Cl)CC2)cc1. The summed E-state index contributed by atoms with van der Waals surface area (Å²) in [6, 6.07) is 11.1. The van der Waals surface area contributed by atoms with E-state index in [0.717, 1.165) is 44.2 Å². The highest BCUT2D eigenvalue weighted by molar-refractivity contribution is 6.32. The van der Waals surface area contributed by atoms with Crippen LogP contribution < -0.4 is 24.6 Å². The quantitative estimate of drug-likeness (QED) is 0.519. The first kappa shape index (κ1) is 20.4. The van der Waals surface area contributed by atoms with Crippen LogP contribution in [0, 0.1) is 0 Å². The number of aromatic nitrogens is 1. The maximum absolute atomic E-state index is 12.2. The van der Waals surface area contributed by atoms with E-state index in [2.05, 4.69) is 10.3 Å². The summed E-state index contributed by atoms with van der Waals surface area (Å²) in [5.41, 5.74) is 0.563. The van der Waals surface area contributed by atoms with Crippen LogP contribution in [0.2, 0.25) is 5.15 Å². The molecule has 3 rings (SSSR count). The second-order valence-electron chi connectivity index (χ2n) is 6.84. The molecule has 150 valence electrons. The maximum Gasteiger partial charge on any atom is 0.279 e. The van der Waals surface area contributed by atoms with Gasteiger partial charge in [0.1, 0.15) is 50.8 Å². The zero-order valence-corrected chi connectivity index (χ0v) is 16.8. The standard InChI is InChI=1S/C20H25ClN4O3/c1-27-16-4-6-17(7-5-16)28-14-13-24-9-11-25(12-10-24)15-19(26)23-18-3-2-8-22-20(18)21/h2-8H,9-15H2,1H3,(H,23,26)/p+2. The number of pyridine rings is 1. The highest BCUT2D eigenvalue weighted by Crippen LogP contribution is 2.17. The summed E-state index contributed by atoms with van der Waals surface area (Å²) in [7, 11) is 1.65. The number of hydrogen-bond acceptors (Lipinski definition) is 4. The van der Waals surface area contributed by atoms with Crippen LogP contribution in [0.15, 0.2) is 42.6 Å². The summed E-state index contributed by atoms with van der Waals surface area (Å²) in [5.74, 6) is 1.65. The van der Waals surface area contributed by atoms with E-state index in [-0.39, 0.29) is 5.91 Å². The van der Waals surface area contributed by atoms with Gasteiger partial charge in [0.05, 0.1) is 12.8 Å². The predicted molar refractivity (Wildman–Crippen MR) is 107 cm³/mol. The zero-order chi connectivity index (χ0) is 19.8. The summed E-state index contributed by atoms with van der Waals surface area (Å²) in [6.07, 6.45) is 1.60. The van der Waals surface area contributed by atoms with Crippen LogP contribution in [0.4, 0.5) is 5.69 Å². The lowest BCUT2D eigenvalue weighted by Gasteiger charge is -2.29. The molecule has 1 aromatic heterocycles. The number of nitrogens with one attached hydrogen (secondary N) is 3. The Morgan fingerprint density at radius 2 is 1.79 bits per heavy atom. The lowest BCUT2D eigenvalue weighted by Crippen LogP contribution is -3.28. The monoisotopic (exact) mass is 406 g/mol. The number of nitrogens with zero attached hydrogens (tertiary/aromatic N) is 1. The van der Waals surface area contributed by atoms with E-state index in [1.807, 2.05) is 24.3 Å². The molecule has 2 aromatic rings. The van der Waals surface area contributed by atoms with Gasteiger partial charge in [0, 0.05) is 6.20 Å². The number of ether oxygens (including phenoxy) is 2. The van der Waals surface area contributed by atoms with Gasteiger partial charge in [-0.25, -0.2) is 4.98 Å². The summed E-state index contributed by atoms with van der Waals surface area (Å²) >= 11 is 5.98. The molecule has 1 aromatic carbocycles. The Hall–Kier alpha value is -2.35. The van der Waals surface area contributed by atoms with Crippen LogP contribution in [-0.2, 0) is 4.79 Å². The highest BCUT2D eigenvalue weighted by atomic mass is 35.5. The van der Waals surface area contributed by atoms with Gasteiger partial charge >= 0.3 is 0 Å². The van der Waals surface area contributed by atoms with Gasteiger partial charge in [-0.15, -0.1) is 0 Å². The van der Waals surface area contributed by atoms with Gasteiger partial charge in [-0.1, -0.05) is 11.6 Å². The first-order chi connectivity index (χ1) is 13.6. The maximum atomic E-state index is 12.2. The minimum atomic E-state index is -0.0313. The predicted octanol–water partition coefficient (Wildman–Crippen LogP) is -0.455. The van der Waals surface area contributed by atoms with Crippen LogP contribution in [0.5, 0.6) is 11.5 Å². The van der Waals surface area contributed by atoms with E-state index < -0.39 is 0 Å². The Kier molecular flexibility index (Phi) is 7.47. The minimum Gasteiger partial charge on any atom is -0.497 e. The number of quaternary nitrogens is 2. The number of hydrogen-bond donors (Lipinski definition) is 3. The van der Waals surface area contributed by atoms with Crippen LogP contribution >= 0.6 is 11.6 Å². The van der Waals surface area contributed by atoms with Crippen molar-refractivity contribution in [2.24, 2.45) is 0 Å². The fraction of sp³-hybridized carbons (Fsp3) is 0.400. The number of anilines is 1. The molecule has 0 bridgehead atoms. The molecule has 0 aliphatic carbocycles. The lowest BCUT2D eigenvalue weighted by molar-refractivity contribution is -1.01. The molecule has 7 nitrogen and oxygen atoms in total. The summed E-state index contributed by atoms with van der Waals surface area (Å²) in [6.45, 7) is 6.07. The van der Waals surface area contributed by atoms with Gasteiger partial charge < -0.3 is 24.6 Å². The molecule has 28 heavy (non-hydrogen) atoms. The molecule has 1 aliphatic heterocycles. The third-order valence-corrected chi connectivity index (χ3v) is 5.19. The third kappa shape index (κ3) is 6.09. The summed E-state index contributed by atoms with van der Waals surface area (Å²) in [4.78, 5) is 19.0. The topological polar surface area (TPSA) is 69.3 Å². The number of carbonyl (C=O) groups is 1. The number of benzene rings is 1. The first-order valence-corrected chi connectivity index (χ1v) is 9.86. The van der Waals surface area contributed by atoms with Crippen molar-refractivity contribution >= 4 is 23.2 Å². The van der Waals surface area contributed by atoms with Crippen LogP contribution in [0.3, 0.4) is 0 Å². The number of rotatable bonds is 8. The fourth-order valence-corrected chi connectivity index (χ4v) is 3.44. The van der Waals surface area contributed by atoms with E-state index in [1.54, 1.807) is 25.4 Å². The molecule has 3 N–H and O–H groups in total. The second kappa shape index (κ2) is 10.3. The molecular weight excluding hydrogens is 380 g/mol. The molecule has 0 spiro atoms. The van der Waals surface area contributed by atoms with Crippen molar-refractivity contribution < 1.29 is 24.1 Å². The van der Waals surface area contributed by atoms with Crippen LogP contribution in [-0.4, -0.2) is 63.9 Å². The number of piperazine rings is 1. The number of amides is 1. The van der Waals surface area contributed by atoms with Gasteiger partial charge in [0.25, 0.3) is 5.91 Å². The zero-order valence-electron chi connectivity index (χ0n) is 16.0. The Bertz CT molecular complexity index is 764. The largest absolute Gasteiger partial charge is 0.497 e. The molecular formula is C20H27ClN4O3+2. The number of halogens is 1. The molecule has 0 saturated carbocycles. The first-order valence-electron chi connectivity index (χ1n) is 9.48. The molecule has 0 unspecified atom stereocenters. The highest BCUT2D eigenvalue weighted by Gasteiger charge is 2.24. The second-order valence-corrected chi connectivity index (χ2v) is 7.20. The van der Waals surface area contributed by atoms with Crippen molar-refractivity contribution in [3.8, 4) is 11.5 Å². The molecule has 0 radical (unpaired) electrons. The van der Waals surface area contributed by atoms with Crippen molar-refractivity contribution in [2.45, 2.75) is 0 Å². The van der Waals surface area contributed by atoms with Gasteiger partial charge in [-0.05, 0) is 36.4 Å². The van der Waals surface area contributed by atoms with Crippen molar-refractivity contribution in [3.05, 3.63) is 47.7 Å². The van der Waals surface area contributed by atoms with E-state index >= 15 is 0 Å². The molecule has 1 saturated heterocycles. The lowest BCUT2D eigenvalue weighted by atomic mass is 10.3. The third-order valence-electron chi connectivity index (χ3n) is 4.89. The van der Waals surface area contributed by atoms with Crippen LogP contribution in [0.25, 0.3) is 0 Å². The average Bonchev–Trinajstić information content (AvgIpc) is 2.71. The summed E-state index contributed by atoms with van der Waals surface area (Å²) < 4.78 is 11.0. The Morgan fingerprint density at radius 1 is 1.11 bits per heavy atom. The average molecular weight is 407 g/mol. The van der Waals surface area contributed by atoms with E-state index in [9.17, 15) is 4.79 Å². The molecule has 1 fully saturated rings. The van der Waals surface area contributed by atoms with Gasteiger partial charge in [-0.2, -0.15) is 0 Å². The van der Waals surface area contributed by atoms with Crippen LogP contribution in [0.1, 0.15) is 0 Å². The normalized spacial score (nSPS) is 19.1. The van der Waals surface area contributed by atoms with Crippen molar-refractivity contribution in [2.75, 3.05) is 58.3 Å². The Morgan fingerprint density at radius 3 is 2.46 bits per heavy atom. The van der Waals surface area contributed by atoms with E-state index in [4.69, 9.17) is 21.1 Å². The molecule has 0 atom stereocenters. The Labute approximate surface area is 170 Å².